The molecule has 0 radical (unpaired) electrons. The summed E-state index contributed by atoms with van der Waals surface area (Å²) in [5.74, 6) is -0.973. The maximum Gasteiger partial charge on any atom is 0.220 e. The SMILES string of the molecule is CC(C)(CC1=C(CC(C)(C)[N+](=O)[O-])C(=O)c2cc3ccccc3cc2C1=O)[N+](=O)[O-]. The molecule has 2 aromatic carbocycles. The molecule has 0 heterocycles. The van der Waals surface area contributed by atoms with Gasteiger partial charge >= 0.3 is 0 Å². The number of carbonyl (C=O) groups excluding carboxylic acids is 2. The average molecular weight is 410 g/mol. The molecule has 0 N–H and O–H groups in total. The summed E-state index contributed by atoms with van der Waals surface area (Å²) >= 11 is 0. The van der Waals surface area contributed by atoms with E-state index in [2.05, 4.69) is 0 Å². The van der Waals surface area contributed by atoms with Gasteiger partial charge in [-0.2, -0.15) is 0 Å². The van der Waals surface area contributed by atoms with Gasteiger partial charge in [0.25, 0.3) is 0 Å². The van der Waals surface area contributed by atoms with Crippen LogP contribution in [0.1, 0.15) is 61.3 Å². The quantitative estimate of drug-likeness (QED) is 0.514. The molecule has 1 aliphatic carbocycles. The Labute approximate surface area is 172 Å². The molecular weight excluding hydrogens is 388 g/mol. The zero-order valence-corrected chi connectivity index (χ0v) is 17.2. The Balaban J connectivity index is 2.24. The first-order valence-electron chi connectivity index (χ1n) is 9.48. The lowest BCUT2D eigenvalue weighted by molar-refractivity contribution is -0.560. The first kappa shape index (κ1) is 21.3. The van der Waals surface area contributed by atoms with E-state index in [9.17, 15) is 29.8 Å². The molecule has 2 aromatic rings. The molecule has 0 bridgehead atoms. The molecule has 0 unspecified atom stereocenters. The molecule has 1 aliphatic rings. The van der Waals surface area contributed by atoms with Crippen molar-refractivity contribution in [1.82, 2.24) is 0 Å². The van der Waals surface area contributed by atoms with Crippen LogP contribution >= 0.6 is 0 Å². The van der Waals surface area contributed by atoms with E-state index in [0.717, 1.165) is 10.8 Å². The summed E-state index contributed by atoms with van der Waals surface area (Å²) in [6, 6.07) is 10.5. The molecule has 0 aromatic heterocycles. The van der Waals surface area contributed by atoms with Gasteiger partial charge in [-0.1, -0.05) is 24.3 Å². The predicted molar refractivity (Wildman–Crippen MR) is 111 cm³/mol. The molecule has 156 valence electrons. The van der Waals surface area contributed by atoms with Gasteiger partial charge in [0.2, 0.25) is 11.1 Å². The average Bonchev–Trinajstić information content (AvgIpc) is 2.67. The van der Waals surface area contributed by atoms with E-state index >= 15 is 0 Å². The molecule has 0 atom stereocenters. The lowest BCUT2D eigenvalue weighted by Gasteiger charge is -2.27. The molecular formula is C22H22N2O6. The van der Waals surface area contributed by atoms with Crippen molar-refractivity contribution in [3.05, 3.63) is 78.9 Å². The maximum atomic E-state index is 13.4. The third-order valence-electron chi connectivity index (χ3n) is 5.49. The Kier molecular flexibility index (Phi) is 5.06. The van der Waals surface area contributed by atoms with Crippen LogP contribution in [0.3, 0.4) is 0 Å². The molecule has 0 amide bonds. The van der Waals surface area contributed by atoms with Gasteiger partial charge in [0.15, 0.2) is 11.6 Å². The maximum absolute atomic E-state index is 13.4. The lowest BCUT2D eigenvalue weighted by atomic mass is 9.75. The number of nitro groups is 2. The summed E-state index contributed by atoms with van der Waals surface area (Å²) in [7, 11) is 0. The van der Waals surface area contributed by atoms with E-state index in [1.165, 1.54) is 27.7 Å². The molecule has 8 nitrogen and oxygen atoms in total. The second kappa shape index (κ2) is 7.12. The van der Waals surface area contributed by atoms with Crippen LogP contribution < -0.4 is 0 Å². The number of carbonyl (C=O) groups is 2. The fourth-order valence-electron chi connectivity index (χ4n) is 3.58. The number of fused-ring (bicyclic) bond motifs is 2. The van der Waals surface area contributed by atoms with E-state index < -0.39 is 32.5 Å². The van der Waals surface area contributed by atoms with E-state index in [1.54, 1.807) is 12.1 Å². The zero-order chi connectivity index (χ0) is 22.4. The van der Waals surface area contributed by atoms with Crippen LogP contribution in [0.4, 0.5) is 0 Å². The monoisotopic (exact) mass is 410 g/mol. The standard InChI is InChI=1S/C22H22N2O6/c1-21(2,23(27)28)11-17-18(12-22(3,4)24(29)30)20(26)16-10-14-8-6-5-7-13(14)9-15(16)19(17)25/h5-10H,11-12H2,1-4H3. The van der Waals surface area contributed by atoms with Crippen molar-refractivity contribution in [3.63, 3.8) is 0 Å². The number of nitrogens with zero attached hydrogens (tertiary/aromatic N) is 2. The van der Waals surface area contributed by atoms with Gasteiger partial charge < -0.3 is 0 Å². The van der Waals surface area contributed by atoms with E-state index in [0.29, 0.717) is 0 Å². The summed E-state index contributed by atoms with van der Waals surface area (Å²) in [4.78, 5) is 48.7. The van der Waals surface area contributed by atoms with Crippen LogP contribution in [-0.4, -0.2) is 32.5 Å². The molecule has 8 heteroatoms. The van der Waals surface area contributed by atoms with Gasteiger partial charge in [0.1, 0.15) is 0 Å². The second-order valence-electron chi connectivity index (χ2n) is 8.85. The highest BCUT2D eigenvalue weighted by atomic mass is 16.6. The Morgan fingerprint density at radius 1 is 0.733 bits per heavy atom. The normalized spacial score (nSPS) is 14.8. The lowest BCUT2D eigenvalue weighted by Crippen LogP contribution is -2.37. The first-order chi connectivity index (χ1) is 13.8. The highest BCUT2D eigenvalue weighted by molar-refractivity contribution is 6.28. The van der Waals surface area contributed by atoms with Gasteiger partial charge in [-0.25, -0.2) is 0 Å². The van der Waals surface area contributed by atoms with Crippen molar-refractivity contribution in [2.45, 2.75) is 51.6 Å². The van der Waals surface area contributed by atoms with Gasteiger partial charge in [0, 0.05) is 72.7 Å². The van der Waals surface area contributed by atoms with Gasteiger partial charge in [-0.3, -0.25) is 29.8 Å². The molecule has 0 saturated carbocycles. The Bertz CT molecular complexity index is 1060. The van der Waals surface area contributed by atoms with Crippen LogP contribution in [0.25, 0.3) is 10.8 Å². The van der Waals surface area contributed by atoms with Crippen molar-refractivity contribution >= 4 is 22.3 Å². The second-order valence-corrected chi connectivity index (χ2v) is 8.85. The highest BCUT2D eigenvalue weighted by Gasteiger charge is 2.43. The minimum absolute atomic E-state index is 0.0144. The number of benzene rings is 2. The number of hydrogen-bond donors (Lipinski definition) is 0. The fraction of sp³-hybridized carbons (Fsp3) is 0.364. The topological polar surface area (TPSA) is 120 Å². The first-order valence-corrected chi connectivity index (χ1v) is 9.48. The summed E-state index contributed by atoms with van der Waals surface area (Å²) in [5.41, 5.74) is -2.70. The van der Waals surface area contributed by atoms with Gasteiger partial charge in [0.05, 0.1) is 0 Å². The molecule has 0 aliphatic heterocycles. The zero-order valence-electron chi connectivity index (χ0n) is 17.2. The summed E-state index contributed by atoms with van der Waals surface area (Å²) < 4.78 is 0. The van der Waals surface area contributed by atoms with Crippen LogP contribution in [-0.2, 0) is 0 Å². The van der Waals surface area contributed by atoms with Crippen LogP contribution in [0, 0.1) is 20.2 Å². The predicted octanol–water partition coefficient (Wildman–Crippen LogP) is 4.41. The van der Waals surface area contributed by atoms with E-state index in [1.807, 2.05) is 24.3 Å². The molecule has 0 fully saturated rings. The Morgan fingerprint density at radius 3 is 1.37 bits per heavy atom. The van der Waals surface area contributed by atoms with Crippen LogP contribution in [0.2, 0.25) is 0 Å². The largest absolute Gasteiger partial charge is 0.289 e. The smallest absolute Gasteiger partial charge is 0.220 e. The van der Waals surface area contributed by atoms with Crippen molar-refractivity contribution < 1.29 is 19.4 Å². The number of ketones is 2. The van der Waals surface area contributed by atoms with Crippen molar-refractivity contribution in [1.29, 1.82) is 0 Å². The number of Topliss-reactive ketones (excluding diaryl/α,β-unsaturated/α-hetero) is 2. The summed E-state index contributed by atoms with van der Waals surface area (Å²) in [5, 5.41) is 24.5. The summed E-state index contributed by atoms with van der Waals surface area (Å²) in [6.07, 6.45) is -0.583. The van der Waals surface area contributed by atoms with E-state index in [-0.39, 0.29) is 35.1 Å². The van der Waals surface area contributed by atoms with Gasteiger partial charge in [-0.15, -0.1) is 0 Å². The highest BCUT2D eigenvalue weighted by Crippen LogP contribution is 2.37. The van der Waals surface area contributed by atoms with Crippen molar-refractivity contribution in [2.75, 3.05) is 0 Å². The van der Waals surface area contributed by atoms with E-state index in [4.69, 9.17) is 0 Å². The minimum atomic E-state index is -1.51. The number of hydrogen-bond acceptors (Lipinski definition) is 6. The molecule has 0 spiro atoms. The van der Waals surface area contributed by atoms with Crippen molar-refractivity contribution in [2.24, 2.45) is 0 Å². The Hall–Kier alpha value is -3.42. The molecule has 30 heavy (non-hydrogen) atoms. The van der Waals surface area contributed by atoms with Crippen LogP contribution in [0.15, 0.2) is 47.5 Å². The molecule has 0 saturated heterocycles. The van der Waals surface area contributed by atoms with Crippen LogP contribution in [0.5, 0.6) is 0 Å². The summed E-state index contributed by atoms with van der Waals surface area (Å²) in [6.45, 7) is 5.46. The molecule has 3 rings (SSSR count). The third-order valence-corrected chi connectivity index (χ3v) is 5.49. The Morgan fingerprint density at radius 2 is 1.07 bits per heavy atom. The number of rotatable bonds is 6. The van der Waals surface area contributed by atoms with Gasteiger partial charge in [-0.05, 0) is 22.9 Å². The third kappa shape index (κ3) is 3.60. The minimum Gasteiger partial charge on any atom is -0.289 e. The van der Waals surface area contributed by atoms with Crippen molar-refractivity contribution in [3.8, 4) is 0 Å². The fourth-order valence-corrected chi connectivity index (χ4v) is 3.58.